The van der Waals surface area contributed by atoms with Crippen LogP contribution in [0.5, 0.6) is 0 Å². The SMILES string of the molecule is O=C(Nc1ccccc1)Nc1ccc(C(=O)Nc2cccc(Cn3cccn3)c2)s1. The van der Waals surface area contributed by atoms with Crippen LogP contribution in [-0.4, -0.2) is 21.7 Å². The van der Waals surface area contributed by atoms with Crippen molar-refractivity contribution in [2.75, 3.05) is 16.0 Å². The Labute approximate surface area is 177 Å². The molecule has 0 saturated carbocycles. The highest BCUT2D eigenvalue weighted by molar-refractivity contribution is 7.18. The Morgan fingerprint density at radius 2 is 1.70 bits per heavy atom. The number of thiophene rings is 1. The van der Waals surface area contributed by atoms with Crippen LogP contribution in [0, 0.1) is 0 Å². The van der Waals surface area contributed by atoms with Crippen molar-refractivity contribution in [3.8, 4) is 0 Å². The van der Waals surface area contributed by atoms with Crippen LogP contribution in [-0.2, 0) is 6.54 Å². The van der Waals surface area contributed by atoms with E-state index in [0.29, 0.717) is 27.8 Å². The first kappa shape index (κ1) is 19.4. The minimum atomic E-state index is -0.360. The Hall–Kier alpha value is -3.91. The van der Waals surface area contributed by atoms with E-state index in [-0.39, 0.29) is 11.9 Å². The topological polar surface area (TPSA) is 88.0 Å². The first-order chi connectivity index (χ1) is 14.7. The summed E-state index contributed by atoms with van der Waals surface area (Å²) in [7, 11) is 0. The molecule has 0 fully saturated rings. The molecule has 8 heteroatoms. The molecule has 30 heavy (non-hydrogen) atoms. The van der Waals surface area contributed by atoms with Crippen LogP contribution in [0.25, 0.3) is 0 Å². The summed E-state index contributed by atoms with van der Waals surface area (Å²) in [4.78, 5) is 25.2. The number of nitrogens with zero attached hydrogens (tertiary/aromatic N) is 2. The second-order valence-electron chi connectivity index (χ2n) is 6.47. The Kier molecular flexibility index (Phi) is 5.86. The number of amides is 3. The number of nitrogens with one attached hydrogen (secondary N) is 3. The smallest absolute Gasteiger partial charge is 0.321 e. The van der Waals surface area contributed by atoms with E-state index in [1.807, 2.05) is 59.4 Å². The van der Waals surface area contributed by atoms with Crippen LogP contribution < -0.4 is 16.0 Å². The molecular weight excluding hydrogens is 398 g/mol. The maximum absolute atomic E-state index is 12.6. The Morgan fingerprint density at radius 3 is 2.50 bits per heavy atom. The van der Waals surface area contributed by atoms with E-state index in [1.165, 1.54) is 11.3 Å². The van der Waals surface area contributed by atoms with E-state index in [4.69, 9.17) is 0 Å². The average Bonchev–Trinajstić information content (AvgIpc) is 3.41. The van der Waals surface area contributed by atoms with Gasteiger partial charge >= 0.3 is 6.03 Å². The molecule has 2 aromatic carbocycles. The fourth-order valence-electron chi connectivity index (χ4n) is 2.84. The Morgan fingerprint density at radius 1 is 0.867 bits per heavy atom. The zero-order valence-electron chi connectivity index (χ0n) is 15.9. The molecule has 3 N–H and O–H groups in total. The summed E-state index contributed by atoms with van der Waals surface area (Å²) in [5.74, 6) is -0.229. The van der Waals surface area contributed by atoms with Crippen molar-refractivity contribution in [3.63, 3.8) is 0 Å². The van der Waals surface area contributed by atoms with Crippen LogP contribution in [0.15, 0.2) is 85.2 Å². The lowest BCUT2D eigenvalue weighted by Crippen LogP contribution is -2.18. The number of urea groups is 1. The van der Waals surface area contributed by atoms with E-state index in [1.54, 1.807) is 30.5 Å². The van der Waals surface area contributed by atoms with Gasteiger partial charge in [-0.05, 0) is 48.0 Å². The summed E-state index contributed by atoms with van der Waals surface area (Å²) in [5.41, 5.74) is 2.43. The van der Waals surface area contributed by atoms with E-state index in [9.17, 15) is 9.59 Å². The monoisotopic (exact) mass is 417 g/mol. The van der Waals surface area contributed by atoms with Gasteiger partial charge in [-0.3, -0.25) is 14.8 Å². The number of rotatable bonds is 6. The quantitative estimate of drug-likeness (QED) is 0.417. The molecule has 0 unspecified atom stereocenters. The lowest BCUT2D eigenvalue weighted by Gasteiger charge is -2.07. The van der Waals surface area contributed by atoms with Crippen molar-refractivity contribution in [2.24, 2.45) is 0 Å². The Bertz CT molecular complexity index is 1140. The molecule has 3 amide bonds. The van der Waals surface area contributed by atoms with Gasteiger partial charge < -0.3 is 10.6 Å². The van der Waals surface area contributed by atoms with E-state index in [0.717, 1.165) is 5.56 Å². The number of benzene rings is 2. The van der Waals surface area contributed by atoms with E-state index < -0.39 is 0 Å². The maximum Gasteiger partial charge on any atom is 0.324 e. The zero-order valence-corrected chi connectivity index (χ0v) is 16.7. The summed E-state index contributed by atoms with van der Waals surface area (Å²) < 4.78 is 1.82. The molecule has 4 rings (SSSR count). The molecule has 0 aliphatic carbocycles. The lowest BCUT2D eigenvalue weighted by atomic mass is 10.2. The van der Waals surface area contributed by atoms with Gasteiger partial charge in [0.1, 0.15) is 0 Å². The molecule has 0 bridgehead atoms. The number of hydrogen-bond acceptors (Lipinski definition) is 4. The van der Waals surface area contributed by atoms with Gasteiger partial charge in [-0.25, -0.2) is 4.79 Å². The summed E-state index contributed by atoms with van der Waals surface area (Å²) in [6.07, 6.45) is 3.62. The van der Waals surface area contributed by atoms with Gasteiger partial charge in [-0.1, -0.05) is 30.3 Å². The molecule has 150 valence electrons. The molecule has 2 heterocycles. The number of carbonyl (C=O) groups excluding carboxylic acids is 2. The molecule has 0 aliphatic rings. The number of hydrogen-bond donors (Lipinski definition) is 3. The molecule has 0 aliphatic heterocycles. The standard InChI is InChI=1S/C22H19N5O2S/c28-21(24-18-9-4-6-16(14-18)15-27-13-5-12-23-27)19-10-11-20(30-19)26-22(29)25-17-7-2-1-3-8-17/h1-14H,15H2,(H,24,28)(H2,25,26,29). The molecule has 0 spiro atoms. The molecule has 0 saturated heterocycles. The highest BCUT2D eigenvalue weighted by Gasteiger charge is 2.12. The van der Waals surface area contributed by atoms with Gasteiger partial charge in [0.15, 0.2) is 0 Å². The van der Waals surface area contributed by atoms with E-state index >= 15 is 0 Å². The highest BCUT2D eigenvalue weighted by atomic mass is 32.1. The van der Waals surface area contributed by atoms with Crippen LogP contribution >= 0.6 is 11.3 Å². The molecule has 4 aromatic rings. The van der Waals surface area contributed by atoms with Crippen molar-refractivity contribution in [2.45, 2.75) is 6.54 Å². The number of para-hydroxylation sites is 1. The minimum absolute atomic E-state index is 0.229. The Balaban J connectivity index is 1.35. The maximum atomic E-state index is 12.6. The predicted molar refractivity (Wildman–Crippen MR) is 119 cm³/mol. The fraction of sp³-hybridized carbons (Fsp3) is 0.0455. The van der Waals surface area contributed by atoms with Crippen molar-refractivity contribution in [3.05, 3.63) is 95.6 Å². The van der Waals surface area contributed by atoms with Crippen molar-refractivity contribution < 1.29 is 9.59 Å². The second kappa shape index (κ2) is 9.06. The van der Waals surface area contributed by atoms with Gasteiger partial charge in [0.2, 0.25) is 0 Å². The van der Waals surface area contributed by atoms with Crippen molar-refractivity contribution in [1.82, 2.24) is 9.78 Å². The molecule has 0 radical (unpaired) electrons. The lowest BCUT2D eigenvalue weighted by molar-refractivity contribution is 0.103. The largest absolute Gasteiger partial charge is 0.324 e. The van der Waals surface area contributed by atoms with Crippen LogP contribution in [0.3, 0.4) is 0 Å². The zero-order chi connectivity index (χ0) is 20.8. The van der Waals surface area contributed by atoms with Crippen molar-refractivity contribution >= 4 is 39.7 Å². The first-order valence-electron chi connectivity index (χ1n) is 9.26. The molecule has 2 aromatic heterocycles. The van der Waals surface area contributed by atoms with Crippen LogP contribution in [0.4, 0.5) is 21.2 Å². The average molecular weight is 417 g/mol. The number of anilines is 3. The number of carbonyl (C=O) groups is 2. The highest BCUT2D eigenvalue weighted by Crippen LogP contribution is 2.23. The van der Waals surface area contributed by atoms with Crippen LogP contribution in [0.2, 0.25) is 0 Å². The van der Waals surface area contributed by atoms with Crippen molar-refractivity contribution in [1.29, 1.82) is 0 Å². The third-order valence-electron chi connectivity index (χ3n) is 4.19. The second-order valence-corrected chi connectivity index (χ2v) is 7.55. The summed E-state index contributed by atoms with van der Waals surface area (Å²) in [6.45, 7) is 0.625. The third-order valence-corrected chi connectivity index (χ3v) is 5.19. The summed E-state index contributed by atoms with van der Waals surface area (Å²) in [6, 6.07) is 21.7. The van der Waals surface area contributed by atoms with Gasteiger partial charge in [0, 0.05) is 23.8 Å². The number of aromatic nitrogens is 2. The molecular formula is C22H19N5O2S. The minimum Gasteiger partial charge on any atom is -0.321 e. The van der Waals surface area contributed by atoms with Gasteiger partial charge in [0.25, 0.3) is 5.91 Å². The summed E-state index contributed by atoms with van der Waals surface area (Å²) >= 11 is 1.21. The third kappa shape index (κ3) is 5.12. The van der Waals surface area contributed by atoms with Crippen LogP contribution in [0.1, 0.15) is 15.2 Å². The first-order valence-corrected chi connectivity index (χ1v) is 10.1. The van der Waals surface area contributed by atoms with Gasteiger partial charge in [-0.2, -0.15) is 5.10 Å². The predicted octanol–water partition coefficient (Wildman–Crippen LogP) is 4.89. The van der Waals surface area contributed by atoms with E-state index in [2.05, 4.69) is 21.0 Å². The fourth-order valence-corrected chi connectivity index (χ4v) is 3.64. The normalized spacial score (nSPS) is 10.4. The molecule has 0 atom stereocenters. The molecule has 7 nitrogen and oxygen atoms in total. The van der Waals surface area contributed by atoms with Gasteiger partial charge in [-0.15, -0.1) is 11.3 Å². The summed E-state index contributed by atoms with van der Waals surface area (Å²) in [5, 5.41) is 13.2. The van der Waals surface area contributed by atoms with Gasteiger partial charge in [0.05, 0.1) is 16.4 Å².